The van der Waals surface area contributed by atoms with Crippen molar-refractivity contribution in [1.82, 2.24) is 9.80 Å². The maximum absolute atomic E-state index is 12.1. The first kappa shape index (κ1) is 14.9. The van der Waals surface area contributed by atoms with Crippen molar-refractivity contribution in [2.24, 2.45) is 0 Å². The highest BCUT2D eigenvalue weighted by Gasteiger charge is 2.25. The van der Waals surface area contributed by atoms with Gasteiger partial charge in [0.05, 0.1) is 18.7 Å². The summed E-state index contributed by atoms with van der Waals surface area (Å²) in [5.41, 5.74) is 0. The van der Waals surface area contributed by atoms with Gasteiger partial charge < -0.3 is 4.90 Å². The normalized spacial score (nSPS) is 12.6. The molecule has 4 nitrogen and oxygen atoms in total. The van der Waals surface area contributed by atoms with E-state index in [1.807, 2.05) is 39.5 Å². The van der Waals surface area contributed by atoms with E-state index in [4.69, 9.17) is 5.26 Å². The van der Waals surface area contributed by atoms with Crippen molar-refractivity contribution in [3.8, 4) is 6.07 Å². The summed E-state index contributed by atoms with van der Waals surface area (Å²) in [5.74, 6) is 0.106. The summed E-state index contributed by atoms with van der Waals surface area (Å²) in [6.45, 7) is 11.6. The molecule has 0 rings (SSSR count). The molecule has 0 aliphatic carbocycles. The Morgan fingerprint density at radius 1 is 1.25 bits per heavy atom. The smallest absolute Gasteiger partial charge is 0.239 e. The van der Waals surface area contributed by atoms with E-state index in [0.717, 1.165) is 13.1 Å². The lowest BCUT2D eigenvalue weighted by molar-refractivity contribution is -0.136. The Labute approximate surface area is 98.8 Å². The van der Waals surface area contributed by atoms with E-state index in [9.17, 15) is 4.79 Å². The zero-order valence-corrected chi connectivity index (χ0v) is 11.0. The van der Waals surface area contributed by atoms with Crippen LogP contribution >= 0.6 is 0 Å². The van der Waals surface area contributed by atoms with Crippen molar-refractivity contribution in [1.29, 1.82) is 5.26 Å². The maximum atomic E-state index is 12.1. The molecule has 0 N–H and O–H groups in total. The third-order valence-electron chi connectivity index (χ3n) is 2.85. The largest absolute Gasteiger partial charge is 0.342 e. The molecule has 0 saturated heterocycles. The van der Waals surface area contributed by atoms with Gasteiger partial charge in [-0.2, -0.15) is 5.26 Å². The summed E-state index contributed by atoms with van der Waals surface area (Å²) < 4.78 is 0. The maximum Gasteiger partial charge on any atom is 0.239 e. The lowest BCUT2D eigenvalue weighted by atomic mass is 10.2. The van der Waals surface area contributed by atoms with Crippen molar-refractivity contribution in [2.45, 2.75) is 46.7 Å². The highest BCUT2D eigenvalue weighted by Crippen LogP contribution is 2.08. The van der Waals surface area contributed by atoms with Gasteiger partial charge in [0, 0.05) is 19.1 Å². The van der Waals surface area contributed by atoms with Gasteiger partial charge in [-0.15, -0.1) is 0 Å². The predicted octanol–water partition coefficient (Wildman–Crippen LogP) is 1.48. The van der Waals surface area contributed by atoms with E-state index in [1.54, 1.807) is 4.90 Å². The van der Waals surface area contributed by atoms with Crippen LogP contribution in [0, 0.1) is 11.3 Å². The minimum absolute atomic E-state index is 0.106. The number of nitriles is 1. The molecule has 0 saturated carbocycles. The Hall–Kier alpha value is -1.08. The first-order valence-electron chi connectivity index (χ1n) is 5.90. The number of carbonyl (C=O) groups excluding carboxylic acids is 1. The van der Waals surface area contributed by atoms with Gasteiger partial charge in [0.2, 0.25) is 5.91 Å². The molecule has 0 fully saturated rings. The Bertz CT molecular complexity index is 253. The van der Waals surface area contributed by atoms with Gasteiger partial charge in [-0.25, -0.2) is 0 Å². The van der Waals surface area contributed by atoms with E-state index in [1.165, 1.54) is 0 Å². The highest BCUT2D eigenvalue weighted by molar-refractivity contribution is 5.81. The van der Waals surface area contributed by atoms with Crippen LogP contribution < -0.4 is 0 Å². The fourth-order valence-electron chi connectivity index (χ4n) is 1.79. The van der Waals surface area contributed by atoms with Crippen LogP contribution in [0.1, 0.15) is 34.6 Å². The minimum atomic E-state index is -0.223. The molecule has 4 heteroatoms. The molecule has 1 unspecified atom stereocenters. The Balaban J connectivity index is 4.67. The SMILES string of the molecule is CCN(CC)C(=O)C(C)N(CC#N)C(C)C. The second-order valence-electron chi connectivity index (χ2n) is 4.11. The predicted molar refractivity (Wildman–Crippen MR) is 64.8 cm³/mol. The molecule has 1 amide bonds. The first-order chi connectivity index (χ1) is 7.49. The Morgan fingerprint density at radius 2 is 1.75 bits per heavy atom. The van der Waals surface area contributed by atoms with Crippen molar-refractivity contribution in [2.75, 3.05) is 19.6 Å². The summed E-state index contributed by atoms with van der Waals surface area (Å²) in [6.07, 6.45) is 0. The van der Waals surface area contributed by atoms with E-state index in [2.05, 4.69) is 6.07 Å². The number of nitrogens with zero attached hydrogens (tertiary/aromatic N) is 3. The molecule has 16 heavy (non-hydrogen) atoms. The lowest BCUT2D eigenvalue weighted by Crippen LogP contribution is -2.49. The molecular weight excluding hydrogens is 202 g/mol. The highest BCUT2D eigenvalue weighted by atomic mass is 16.2. The number of rotatable bonds is 6. The zero-order valence-electron chi connectivity index (χ0n) is 11.0. The molecule has 0 bridgehead atoms. The van der Waals surface area contributed by atoms with Gasteiger partial charge in [0.15, 0.2) is 0 Å². The molecule has 0 aromatic carbocycles. The molecular formula is C12H23N3O. The fraction of sp³-hybridized carbons (Fsp3) is 0.833. The summed E-state index contributed by atoms with van der Waals surface area (Å²) in [6, 6.07) is 2.10. The Kier molecular flexibility index (Phi) is 6.75. The first-order valence-corrected chi connectivity index (χ1v) is 5.90. The zero-order chi connectivity index (χ0) is 12.7. The molecule has 92 valence electrons. The van der Waals surface area contributed by atoms with Crippen LogP contribution in [0.25, 0.3) is 0 Å². The summed E-state index contributed by atoms with van der Waals surface area (Å²) in [5, 5.41) is 8.75. The van der Waals surface area contributed by atoms with Crippen LogP contribution in [0.2, 0.25) is 0 Å². The van der Waals surface area contributed by atoms with Crippen LogP contribution in [-0.4, -0.2) is 47.4 Å². The Morgan fingerprint density at radius 3 is 2.06 bits per heavy atom. The fourth-order valence-corrected chi connectivity index (χ4v) is 1.79. The van der Waals surface area contributed by atoms with Crippen LogP contribution in [0.5, 0.6) is 0 Å². The van der Waals surface area contributed by atoms with Crippen LogP contribution in [0.4, 0.5) is 0 Å². The molecule has 1 atom stereocenters. The van der Waals surface area contributed by atoms with Gasteiger partial charge in [-0.05, 0) is 34.6 Å². The number of amides is 1. The van der Waals surface area contributed by atoms with Crippen molar-refractivity contribution in [3.63, 3.8) is 0 Å². The standard InChI is InChI=1S/C12H23N3O/c1-6-14(7-2)12(16)11(5)15(9-8-13)10(3)4/h10-11H,6-7,9H2,1-5H3. The number of hydrogen-bond donors (Lipinski definition) is 0. The number of likely N-dealkylation sites (N-methyl/N-ethyl adjacent to an activating group) is 1. The monoisotopic (exact) mass is 225 g/mol. The third-order valence-corrected chi connectivity index (χ3v) is 2.85. The summed E-state index contributed by atoms with van der Waals surface area (Å²) in [4.78, 5) is 15.8. The van der Waals surface area contributed by atoms with E-state index >= 15 is 0 Å². The molecule has 0 radical (unpaired) electrons. The van der Waals surface area contributed by atoms with Gasteiger partial charge >= 0.3 is 0 Å². The topological polar surface area (TPSA) is 47.3 Å². The third kappa shape index (κ3) is 3.82. The summed E-state index contributed by atoms with van der Waals surface area (Å²) >= 11 is 0. The molecule has 0 aliphatic rings. The minimum Gasteiger partial charge on any atom is -0.342 e. The van der Waals surface area contributed by atoms with Crippen molar-refractivity contribution >= 4 is 5.91 Å². The van der Waals surface area contributed by atoms with E-state index in [-0.39, 0.29) is 18.0 Å². The number of carbonyl (C=O) groups is 1. The van der Waals surface area contributed by atoms with Crippen LogP contribution in [0.15, 0.2) is 0 Å². The quantitative estimate of drug-likeness (QED) is 0.643. The second kappa shape index (κ2) is 7.24. The van der Waals surface area contributed by atoms with Crippen LogP contribution in [0.3, 0.4) is 0 Å². The number of hydrogen-bond acceptors (Lipinski definition) is 3. The van der Waals surface area contributed by atoms with Gasteiger partial charge in [-0.1, -0.05) is 0 Å². The van der Waals surface area contributed by atoms with Crippen molar-refractivity contribution in [3.05, 3.63) is 0 Å². The van der Waals surface area contributed by atoms with Crippen molar-refractivity contribution < 1.29 is 4.79 Å². The van der Waals surface area contributed by atoms with E-state index in [0.29, 0.717) is 6.54 Å². The van der Waals surface area contributed by atoms with Gasteiger partial charge in [0.25, 0.3) is 0 Å². The van der Waals surface area contributed by atoms with E-state index < -0.39 is 0 Å². The van der Waals surface area contributed by atoms with Gasteiger partial charge in [-0.3, -0.25) is 9.69 Å². The molecule has 0 aromatic rings. The molecule has 0 aromatic heterocycles. The van der Waals surface area contributed by atoms with Crippen LogP contribution in [-0.2, 0) is 4.79 Å². The van der Waals surface area contributed by atoms with Gasteiger partial charge in [0.1, 0.15) is 0 Å². The molecule has 0 aliphatic heterocycles. The summed E-state index contributed by atoms with van der Waals surface area (Å²) in [7, 11) is 0. The average Bonchev–Trinajstić information content (AvgIpc) is 2.26. The molecule has 0 spiro atoms. The molecule has 0 heterocycles. The lowest BCUT2D eigenvalue weighted by Gasteiger charge is -2.32. The average molecular weight is 225 g/mol. The second-order valence-corrected chi connectivity index (χ2v) is 4.11.